The molecule has 0 radical (unpaired) electrons. The van der Waals surface area contributed by atoms with Gasteiger partial charge in [0, 0.05) is 11.8 Å². The number of aliphatic hydroxyl groups is 3. The van der Waals surface area contributed by atoms with Gasteiger partial charge in [0.25, 0.3) is 0 Å². The van der Waals surface area contributed by atoms with Gasteiger partial charge in [0.05, 0.1) is 18.1 Å². The molecule has 1 saturated heterocycles. The van der Waals surface area contributed by atoms with Gasteiger partial charge in [-0.05, 0) is 39.8 Å². The molecule has 1 aromatic rings. The zero-order valence-corrected chi connectivity index (χ0v) is 20.1. The second kappa shape index (κ2) is 10.2. The molecule has 1 aromatic carbocycles. The summed E-state index contributed by atoms with van der Waals surface area (Å²) in [5.41, 5.74) is 2.05. The molecule has 174 valence electrons. The molecule has 1 spiro atoms. The van der Waals surface area contributed by atoms with Gasteiger partial charge in [-0.2, -0.15) is 4.91 Å². The van der Waals surface area contributed by atoms with Crippen LogP contribution < -0.4 is 0 Å². The number of ether oxygens (including phenoxy) is 2. The number of sulfone groups is 1. The Hall–Kier alpha value is -1.48. The fourth-order valence-electron chi connectivity index (χ4n) is 3.80. The summed E-state index contributed by atoms with van der Waals surface area (Å²) in [6.07, 6.45) is 3.83. The first-order chi connectivity index (χ1) is 15.2. The lowest BCUT2D eigenvalue weighted by Gasteiger charge is -2.45. The summed E-state index contributed by atoms with van der Waals surface area (Å²) in [4.78, 5) is 11.5. The van der Waals surface area contributed by atoms with E-state index in [-0.39, 0.29) is 11.5 Å². The molecule has 3 N–H and O–H groups in total. The Labute approximate surface area is 199 Å². The maximum Gasteiger partial charge on any atom is 0.225 e. The predicted molar refractivity (Wildman–Crippen MR) is 125 cm³/mol. The molecule has 0 aromatic heterocycles. The fraction of sp³-hybridized carbons (Fsp3) is 0.429. The Morgan fingerprint density at radius 1 is 1.38 bits per heavy atom. The first-order valence-electron chi connectivity index (χ1n) is 9.75. The molecule has 2 aliphatic heterocycles. The van der Waals surface area contributed by atoms with E-state index in [4.69, 9.17) is 9.47 Å². The van der Waals surface area contributed by atoms with Crippen molar-refractivity contribution in [3.8, 4) is 0 Å². The summed E-state index contributed by atoms with van der Waals surface area (Å²) >= 11 is 1.95. The minimum atomic E-state index is -3.34. The van der Waals surface area contributed by atoms with Gasteiger partial charge in [-0.25, -0.2) is 8.42 Å². The van der Waals surface area contributed by atoms with E-state index >= 15 is 0 Å². The zero-order chi connectivity index (χ0) is 23.5. The number of fused-ring (bicyclic) bond motifs is 2. The van der Waals surface area contributed by atoms with Crippen molar-refractivity contribution in [2.24, 2.45) is 5.18 Å². The molecule has 0 unspecified atom stereocenters. The van der Waals surface area contributed by atoms with Crippen LogP contribution in [0.1, 0.15) is 16.7 Å². The Morgan fingerprint density at radius 3 is 2.75 bits per heavy atom. The third-order valence-corrected chi connectivity index (χ3v) is 6.96. The maximum absolute atomic E-state index is 11.8. The highest BCUT2D eigenvalue weighted by Gasteiger charge is 2.59. The number of allylic oxidation sites excluding steroid dienone is 4. The standard InChI is InChI=1S/C21H24INO8S/c1-32(28,29)15(8-9-22)5-3-2-4-13-6-7-14-12-30-21(16(14)10-13)20(26)18(23-27)19(25)17(11-24)31-21/h2-3,5-10,17-20,24-26H,4,11-12H2,1H3/b3-2+,9-8-,15-5+/t17-,18+,19-,20-,21+/m1/s1. The van der Waals surface area contributed by atoms with E-state index in [9.17, 15) is 28.6 Å². The largest absolute Gasteiger partial charge is 0.394 e. The molecule has 0 aliphatic carbocycles. The third-order valence-electron chi connectivity index (χ3n) is 5.47. The molecule has 2 aliphatic rings. The fourth-order valence-corrected chi connectivity index (χ4v) is 5.07. The van der Waals surface area contributed by atoms with Crippen LogP contribution in [0, 0.1) is 4.91 Å². The van der Waals surface area contributed by atoms with Crippen molar-refractivity contribution in [2.75, 3.05) is 12.9 Å². The van der Waals surface area contributed by atoms with Crippen LogP contribution in [-0.4, -0.2) is 61.0 Å². The molecule has 0 saturated carbocycles. The van der Waals surface area contributed by atoms with E-state index in [1.165, 1.54) is 12.2 Å². The van der Waals surface area contributed by atoms with E-state index < -0.39 is 46.6 Å². The highest BCUT2D eigenvalue weighted by Crippen LogP contribution is 2.46. The molecule has 0 amide bonds. The number of rotatable bonds is 7. The molecular formula is C21H24INO8S. The predicted octanol–water partition coefficient (Wildman–Crippen LogP) is 1.59. The Morgan fingerprint density at radius 2 is 2.12 bits per heavy atom. The van der Waals surface area contributed by atoms with Gasteiger partial charge in [-0.3, -0.25) is 0 Å². The van der Waals surface area contributed by atoms with Crippen LogP contribution in [0.15, 0.2) is 56.7 Å². The summed E-state index contributed by atoms with van der Waals surface area (Å²) in [5, 5.41) is 33.3. The average molecular weight is 577 g/mol. The molecule has 32 heavy (non-hydrogen) atoms. The molecule has 1 fully saturated rings. The molecule has 0 bridgehead atoms. The van der Waals surface area contributed by atoms with Crippen molar-refractivity contribution in [2.45, 2.75) is 43.2 Å². The van der Waals surface area contributed by atoms with Crippen LogP contribution in [0.25, 0.3) is 0 Å². The molecule has 2 heterocycles. The van der Waals surface area contributed by atoms with E-state index in [1.54, 1.807) is 22.3 Å². The van der Waals surface area contributed by atoms with E-state index in [1.807, 2.05) is 34.7 Å². The first-order valence-corrected chi connectivity index (χ1v) is 12.9. The van der Waals surface area contributed by atoms with Gasteiger partial charge in [0.2, 0.25) is 5.79 Å². The minimum absolute atomic E-state index is 0.116. The number of nitrogens with zero attached hydrogens (tertiary/aromatic N) is 1. The topological polar surface area (TPSA) is 143 Å². The van der Waals surface area contributed by atoms with Gasteiger partial charge in [0.15, 0.2) is 15.9 Å². The van der Waals surface area contributed by atoms with Crippen LogP contribution in [0.4, 0.5) is 0 Å². The van der Waals surface area contributed by atoms with Crippen LogP contribution in [0.3, 0.4) is 0 Å². The second-order valence-electron chi connectivity index (χ2n) is 7.58. The minimum Gasteiger partial charge on any atom is -0.394 e. The molecular weight excluding hydrogens is 553 g/mol. The average Bonchev–Trinajstić information content (AvgIpc) is 3.11. The normalized spacial score (nSPS) is 31.0. The van der Waals surface area contributed by atoms with Crippen molar-refractivity contribution < 1.29 is 33.2 Å². The molecule has 11 heteroatoms. The number of hydrogen-bond donors (Lipinski definition) is 3. The SMILES string of the molecule is CS(=O)(=O)C(/C=C\I)=C/C=C/Cc1ccc2c(c1)[C@]1(OC2)O[C@H](CO)[C@@H](O)[C@H](N=O)[C@H]1O. The van der Waals surface area contributed by atoms with Crippen molar-refractivity contribution >= 4 is 32.4 Å². The summed E-state index contributed by atoms with van der Waals surface area (Å²) in [6, 6.07) is 4.00. The highest BCUT2D eigenvalue weighted by atomic mass is 127. The molecule has 5 atom stereocenters. The van der Waals surface area contributed by atoms with Crippen LogP contribution in [0.5, 0.6) is 0 Å². The number of aliphatic hydroxyl groups excluding tert-OH is 3. The van der Waals surface area contributed by atoms with Gasteiger partial charge < -0.3 is 24.8 Å². The lowest BCUT2D eigenvalue weighted by atomic mass is 9.85. The number of halogens is 1. The van der Waals surface area contributed by atoms with Crippen LogP contribution in [0.2, 0.25) is 0 Å². The Kier molecular flexibility index (Phi) is 8.02. The summed E-state index contributed by atoms with van der Waals surface area (Å²) in [5.74, 6) is -1.73. The summed E-state index contributed by atoms with van der Waals surface area (Å²) in [6.45, 7) is -0.463. The third kappa shape index (κ3) is 4.88. The molecule has 9 nitrogen and oxygen atoms in total. The van der Waals surface area contributed by atoms with Gasteiger partial charge in [-0.1, -0.05) is 52.1 Å². The number of hydrogen-bond acceptors (Lipinski definition) is 9. The van der Waals surface area contributed by atoms with Gasteiger partial charge in [0.1, 0.15) is 18.3 Å². The van der Waals surface area contributed by atoms with Gasteiger partial charge >= 0.3 is 0 Å². The second-order valence-corrected chi connectivity index (χ2v) is 10.3. The van der Waals surface area contributed by atoms with Gasteiger partial charge in [-0.15, -0.1) is 0 Å². The van der Waals surface area contributed by atoms with Crippen molar-refractivity contribution in [3.05, 3.63) is 73.1 Å². The first kappa shape index (κ1) is 25.1. The van der Waals surface area contributed by atoms with E-state index in [0.29, 0.717) is 12.0 Å². The highest BCUT2D eigenvalue weighted by molar-refractivity contribution is 14.1. The maximum atomic E-state index is 11.8. The van der Waals surface area contributed by atoms with Crippen molar-refractivity contribution in [3.63, 3.8) is 0 Å². The lowest BCUT2D eigenvalue weighted by Crippen LogP contribution is -2.62. The quantitative estimate of drug-likeness (QED) is 0.252. The van der Waals surface area contributed by atoms with E-state index in [0.717, 1.165) is 17.4 Å². The summed E-state index contributed by atoms with van der Waals surface area (Å²) < 4.78 is 36.7. The van der Waals surface area contributed by atoms with Crippen molar-refractivity contribution in [1.82, 2.24) is 0 Å². The zero-order valence-electron chi connectivity index (χ0n) is 17.2. The Bertz CT molecular complexity index is 1050. The smallest absolute Gasteiger partial charge is 0.225 e. The van der Waals surface area contributed by atoms with Crippen LogP contribution in [-0.2, 0) is 38.1 Å². The number of nitroso groups, excluding NO2 is 1. The van der Waals surface area contributed by atoms with Crippen molar-refractivity contribution in [1.29, 1.82) is 0 Å². The monoisotopic (exact) mass is 577 g/mol. The van der Waals surface area contributed by atoms with E-state index in [2.05, 4.69) is 5.18 Å². The number of benzene rings is 1. The van der Waals surface area contributed by atoms with Crippen LogP contribution >= 0.6 is 22.6 Å². The summed E-state index contributed by atoms with van der Waals surface area (Å²) in [7, 11) is -3.34. The lowest BCUT2D eigenvalue weighted by molar-refractivity contribution is -0.350. The Balaban J connectivity index is 1.88. The molecule has 3 rings (SSSR count).